The number of rotatable bonds is 6. The van der Waals surface area contributed by atoms with E-state index in [0.29, 0.717) is 5.75 Å². The summed E-state index contributed by atoms with van der Waals surface area (Å²) < 4.78 is 5.21. The SMILES string of the molecule is COc1ccc(C2SCC(=O)N2CC(C)(C)CN(C)C)cc1. The van der Waals surface area contributed by atoms with Gasteiger partial charge in [0, 0.05) is 13.1 Å². The van der Waals surface area contributed by atoms with Gasteiger partial charge in [0.1, 0.15) is 11.1 Å². The lowest BCUT2D eigenvalue weighted by Gasteiger charge is -2.35. The zero-order chi connectivity index (χ0) is 16.3. The van der Waals surface area contributed by atoms with Crippen molar-refractivity contribution in [2.24, 2.45) is 5.41 Å². The fourth-order valence-electron chi connectivity index (χ4n) is 3.04. The monoisotopic (exact) mass is 322 g/mol. The van der Waals surface area contributed by atoms with Crippen LogP contribution in [0, 0.1) is 5.41 Å². The summed E-state index contributed by atoms with van der Waals surface area (Å²) in [5, 5.41) is 0.111. The first-order valence-corrected chi connectivity index (χ1v) is 8.57. The van der Waals surface area contributed by atoms with E-state index in [1.807, 2.05) is 17.0 Å². The highest BCUT2D eigenvalue weighted by atomic mass is 32.2. The number of hydrogen-bond donors (Lipinski definition) is 0. The predicted molar refractivity (Wildman–Crippen MR) is 92.2 cm³/mol. The van der Waals surface area contributed by atoms with Crippen molar-refractivity contribution in [3.8, 4) is 5.75 Å². The zero-order valence-electron chi connectivity index (χ0n) is 14.1. The van der Waals surface area contributed by atoms with E-state index >= 15 is 0 Å². The highest BCUT2D eigenvalue weighted by molar-refractivity contribution is 8.00. The lowest BCUT2D eigenvalue weighted by molar-refractivity contribution is -0.129. The highest BCUT2D eigenvalue weighted by Gasteiger charge is 2.36. The summed E-state index contributed by atoms with van der Waals surface area (Å²) in [6, 6.07) is 8.03. The molecule has 2 rings (SSSR count). The van der Waals surface area contributed by atoms with Gasteiger partial charge in [-0.25, -0.2) is 0 Å². The summed E-state index contributed by atoms with van der Waals surface area (Å²) in [7, 11) is 5.81. The van der Waals surface area contributed by atoms with Gasteiger partial charge in [-0.2, -0.15) is 0 Å². The van der Waals surface area contributed by atoms with Crippen LogP contribution in [0.5, 0.6) is 5.75 Å². The normalized spacial score (nSPS) is 19.1. The van der Waals surface area contributed by atoms with Crippen LogP contribution < -0.4 is 4.74 Å². The molecule has 1 aliphatic heterocycles. The van der Waals surface area contributed by atoms with Crippen LogP contribution in [0.15, 0.2) is 24.3 Å². The van der Waals surface area contributed by atoms with Crippen molar-refractivity contribution in [2.75, 3.05) is 40.0 Å². The molecule has 0 aliphatic carbocycles. The van der Waals surface area contributed by atoms with Crippen molar-refractivity contribution < 1.29 is 9.53 Å². The van der Waals surface area contributed by atoms with Gasteiger partial charge in [-0.3, -0.25) is 4.79 Å². The Labute approximate surface area is 137 Å². The minimum absolute atomic E-state index is 0.0643. The van der Waals surface area contributed by atoms with Gasteiger partial charge < -0.3 is 14.5 Å². The number of amides is 1. The number of benzene rings is 1. The maximum atomic E-state index is 12.3. The Morgan fingerprint density at radius 1 is 1.32 bits per heavy atom. The number of carbonyl (C=O) groups is 1. The molecule has 122 valence electrons. The van der Waals surface area contributed by atoms with E-state index in [1.165, 1.54) is 0 Å². The lowest BCUT2D eigenvalue weighted by Crippen LogP contribution is -2.41. The van der Waals surface area contributed by atoms with Crippen molar-refractivity contribution in [1.29, 1.82) is 0 Å². The van der Waals surface area contributed by atoms with E-state index in [0.717, 1.165) is 24.4 Å². The highest BCUT2D eigenvalue weighted by Crippen LogP contribution is 2.40. The van der Waals surface area contributed by atoms with Gasteiger partial charge in [-0.05, 0) is 37.2 Å². The van der Waals surface area contributed by atoms with Crippen LogP contribution in [-0.2, 0) is 4.79 Å². The second kappa shape index (κ2) is 6.92. The van der Waals surface area contributed by atoms with Gasteiger partial charge in [0.15, 0.2) is 0 Å². The molecule has 0 bridgehead atoms. The summed E-state index contributed by atoms with van der Waals surface area (Å²) in [5.74, 6) is 1.64. The van der Waals surface area contributed by atoms with E-state index in [-0.39, 0.29) is 16.7 Å². The quantitative estimate of drug-likeness (QED) is 0.806. The molecule has 1 atom stereocenters. The molecule has 0 N–H and O–H groups in total. The minimum atomic E-state index is 0.0643. The second-order valence-corrected chi connectivity index (χ2v) is 7.93. The van der Waals surface area contributed by atoms with Gasteiger partial charge in [-0.1, -0.05) is 26.0 Å². The molecule has 0 saturated carbocycles. The molecule has 1 aromatic carbocycles. The molecule has 4 nitrogen and oxygen atoms in total. The molecule has 1 fully saturated rings. The lowest BCUT2D eigenvalue weighted by atomic mass is 9.92. The molecule has 0 aromatic heterocycles. The molecular formula is C17H26N2O2S. The minimum Gasteiger partial charge on any atom is -0.497 e. The molecule has 22 heavy (non-hydrogen) atoms. The third-order valence-corrected chi connectivity index (χ3v) is 4.97. The van der Waals surface area contributed by atoms with Gasteiger partial charge in [0.25, 0.3) is 0 Å². The molecule has 1 saturated heterocycles. The van der Waals surface area contributed by atoms with Gasteiger partial charge in [0.2, 0.25) is 5.91 Å². The Hall–Kier alpha value is -1.20. The molecule has 0 spiro atoms. The van der Waals surface area contributed by atoms with Crippen LogP contribution >= 0.6 is 11.8 Å². The van der Waals surface area contributed by atoms with Gasteiger partial charge in [-0.15, -0.1) is 11.8 Å². The standard InChI is InChI=1S/C17H26N2O2S/c1-17(2,11-18(3)4)12-19-15(20)10-22-16(19)13-6-8-14(21-5)9-7-13/h6-9,16H,10-12H2,1-5H3. The first kappa shape index (κ1) is 17.2. The Morgan fingerprint density at radius 3 is 2.50 bits per heavy atom. The number of carbonyl (C=O) groups excluding carboxylic acids is 1. The second-order valence-electron chi connectivity index (χ2n) is 6.86. The van der Waals surface area contributed by atoms with Crippen LogP contribution in [0.1, 0.15) is 24.8 Å². The molecule has 1 unspecified atom stereocenters. The van der Waals surface area contributed by atoms with Gasteiger partial charge >= 0.3 is 0 Å². The molecule has 1 aliphatic rings. The summed E-state index contributed by atoms with van der Waals surface area (Å²) in [5.41, 5.74) is 1.23. The zero-order valence-corrected chi connectivity index (χ0v) is 14.9. The molecule has 5 heteroatoms. The Kier molecular flexibility index (Phi) is 5.40. The molecule has 1 amide bonds. The van der Waals surface area contributed by atoms with E-state index in [2.05, 4.69) is 45.0 Å². The Morgan fingerprint density at radius 2 is 1.95 bits per heavy atom. The van der Waals surface area contributed by atoms with Crippen LogP contribution in [0.2, 0.25) is 0 Å². The van der Waals surface area contributed by atoms with Crippen LogP contribution in [-0.4, -0.2) is 55.8 Å². The van der Waals surface area contributed by atoms with E-state index in [9.17, 15) is 4.79 Å². The van der Waals surface area contributed by atoms with Crippen LogP contribution in [0.4, 0.5) is 0 Å². The third-order valence-electron chi connectivity index (χ3n) is 3.71. The average Bonchev–Trinajstić information content (AvgIpc) is 2.78. The van der Waals surface area contributed by atoms with Crippen molar-refractivity contribution in [3.63, 3.8) is 0 Å². The summed E-state index contributed by atoms with van der Waals surface area (Å²) in [6.07, 6.45) is 0. The van der Waals surface area contributed by atoms with Crippen molar-refractivity contribution in [2.45, 2.75) is 19.2 Å². The van der Waals surface area contributed by atoms with Crippen molar-refractivity contribution in [3.05, 3.63) is 29.8 Å². The number of ether oxygens (including phenoxy) is 1. The smallest absolute Gasteiger partial charge is 0.233 e. The number of methoxy groups -OCH3 is 1. The van der Waals surface area contributed by atoms with Crippen molar-refractivity contribution >= 4 is 17.7 Å². The largest absolute Gasteiger partial charge is 0.497 e. The van der Waals surface area contributed by atoms with E-state index < -0.39 is 0 Å². The Bertz CT molecular complexity index is 514. The van der Waals surface area contributed by atoms with E-state index in [1.54, 1.807) is 18.9 Å². The molecule has 0 radical (unpaired) electrons. The van der Waals surface area contributed by atoms with Crippen LogP contribution in [0.25, 0.3) is 0 Å². The van der Waals surface area contributed by atoms with Crippen LogP contribution in [0.3, 0.4) is 0 Å². The fraction of sp³-hybridized carbons (Fsp3) is 0.588. The van der Waals surface area contributed by atoms with Gasteiger partial charge in [0.05, 0.1) is 12.9 Å². The summed E-state index contributed by atoms with van der Waals surface area (Å²) in [6.45, 7) is 6.16. The maximum absolute atomic E-state index is 12.3. The maximum Gasteiger partial charge on any atom is 0.233 e. The van der Waals surface area contributed by atoms with Crippen molar-refractivity contribution in [1.82, 2.24) is 9.80 Å². The third kappa shape index (κ3) is 4.17. The first-order chi connectivity index (χ1) is 10.3. The number of hydrogen-bond acceptors (Lipinski definition) is 4. The van der Waals surface area contributed by atoms with E-state index in [4.69, 9.17) is 4.74 Å². The molecule has 1 heterocycles. The predicted octanol–water partition coefficient (Wildman–Crippen LogP) is 2.86. The summed E-state index contributed by atoms with van der Waals surface area (Å²) in [4.78, 5) is 16.5. The topological polar surface area (TPSA) is 32.8 Å². The molecule has 1 aromatic rings. The Balaban J connectivity index is 2.15. The average molecular weight is 322 g/mol. The summed E-state index contributed by atoms with van der Waals surface area (Å²) >= 11 is 1.71. The fourth-order valence-corrected chi connectivity index (χ4v) is 4.22. The number of nitrogens with zero attached hydrogens (tertiary/aromatic N) is 2. The number of thioether (sulfide) groups is 1. The molecular weight excluding hydrogens is 296 g/mol. The first-order valence-electron chi connectivity index (χ1n) is 7.52.